The van der Waals surface area contributed by atoms with E-state index in [2.05, 4.69) is 96.4 Å². The first kappa shape index (κ1) is 15.0. The summed E-state index contributed by atoms with van der Waals surface area (Å²) < 4.78 is 5.09. The molecule has 0 bridgehead atoms. The molecule has 6 aromatic rings. The van der Waals surface area contributed by atoms with Gasteiger partial charge in [-0.1, -0.05) is 48.0 Å². The third kappa shape index (κ3) is 2.11. The number of hydrogen-bond donors (Lipinski definition) is 0. The molecular formula is C25H17NS. The van der Waals surface area contributed by atoms with Gasteiger partial charge in [0.05, 0.1) is 11.0 Å². The van der Waals surface area contributed by atoms with Gasteiger partial charge in [0.25, 0.3) is 0 Å². The molecule has 6 rings (SSSR count). The van der Waals surface area contributed by atoms with Crippen molar-refractivity contribution in [3.05, 3.63) is 90.5 Å². The molecule has 0 N–H and O–H groups in total. The van der Waals surface area contributed by atoms with Crippen LogP contribution in [0.15, 0.2) is 84.9 Å². The van der Waals surface area contributed by atoms with Crippen molar-refractivity contribution in [3.63, 3.8) is 0 Å². The number of para-hydroxylation sites is 1. The summed E-state index contributed by atoms with van der Waals surface area (Å²) >= 11 is 1.87. The van der Waals surface area contributed by atoms with Crippen molar-refractivity contribution in [2.75, 3.05) is 0 Å². The highest BCUT2D eigenvalue weighted by Gasteiger charge is 2.13. The Labute approximate surface area is 161 Å². The Morgan fingerprint density at radius 2 is 1.33 bits per heavy atom. The fourth-order valence-corrected chi connectivity index (χ4v) is 5.30. The third-order valence-corrected chi connectivity index (χ3v) is 6.60. The number of rotatable bonds is 1. The zero-order chi connectivity index (χ0) is 18.0. The fourth-order valence-electron chi connectivity index (χ4n) is 4.22. The highest BCUT2D eigenvalue weighted by molar-refractivity contribution is 7.25. The van der Waals surface area contributed by atoms with E-state index in [4.69, 9.17) is 0 Å². The molecule has 0 saturated carbocycles. The highest BCUT2D eigenvalue weighted by atomic mass is 32.1. The lowest BCUT2D eigenvalue weighted by atomic mass is 10.1. The molecular weight excluding hydrogens is 346 g/mol. The van der Waals surface area contributed by atoms with Crippen LogP contribution >= 0.6 is 11.3 Å². The van der Waals surface area contributed by atoms with E-state index in [1.54, 1.807) is 0 Å². The van der Waals surface area contributed by atoms with Crippen LogP contribution in [-0.2, 0) is 0 Å². The van der Waals surface area contributed by atoms with Crippen LogP contribution in [-0.4, -0.2) is 4.57 Å². The monoisotopic (exact) mass is 363 g/mol. The third-order valence-electron chi connectivity index (χ3n) is 5.45. The molecule has 4 aromatic carbocycles. The number of aryl methyl sites for hydroxylation is 1. The largest absolute Gasteiger partial charge is 0.309 e. The van der Waals surface area contributed by atoms with E-state index < -0.39 is 0 Å². The summed E-state index contributed by atoms with van der Waals surface area (Å²) in [5.74, 6) is 0. The van der Waals surface area contributed by atoms with Crippen molar-refractivity contribution < 1.29 is 0 Å². The summed E-state index contributed by atoms with van der Waals surface area (Å²) in [6.07, 6.45) is 0. The van der Waals surface area contributed by atoms with Gasteiger partial charge in [-0.25, -0.2) is 0 Å². The van der Waals surface area contributed by atoms with Crippen LogP contribution in [0.5, 0.6) is 0 Å². The molecule has 0 amide bonds. The molecule has 0 unspecified atom stereocenters. The first-order valence-electron chi connectivity index (χ1n) is 9.21. The molecule has 128 valence electrons. The Hall–Kier alpha value is -3.10. The van der Waals surface area contributed by atoms with Crippen molar-refractivity contribution in [2.45, 2.75) is 6.92 Å². The second-order valence-electron chi connectivity index (χ2n) is 7.15. The number of nitrogens with zero attached hydrogens (tertiary/aromatic N) is 1. The van der Waals surface area contributed by atoms with Crippen molar-refractivity contribution in [1.29, 1.82) is 0 Å². The summed E-state index contributed by atoms with van der Waals surface area (Å²) in [6, 6.07) is 31.0. The highest BCUT2D eigenvalue weighted by Crippen LogP contribution is 2.37. The van der Waals surface area contributed by atoms with Gasteiger partial charge in [0.1, 0.15) is 0 Å². The molecule has 2 heteroatoms. The minimum absolute atomic E-state index is 1.22. The number of fused-ring (bicyclic) bond motifs is 6. The zero-order valence-electron chi connectivity index (χ0n) is 14.9. The Kier molecular flexibility index (Phi) is 3.03. The van der Waals surface area contributed by atoms with Gasteiger partial charge in [-0.2, -0.15) is 0 Å². The Balaban J connectivity index is 1.75. The van der Waals surface area contributed by atoms with E-state index in [1.807, 2.05) is 11.3 Å². The maximum absolute atomic E-state index is 2.40. The second kappa shape index (κ2) is 5.45. The minimum atomic E-state index is 1.22. The lowest BCUT2D eigenvalue weighted by molar-refractivity contribution is 1.19. The van der Waals surface area contributed by atoms with Gasteiger partial charge in [-0.3, -0.25) is 0 Å². The molecule has 0 aliphatic rings. The molecule has 0 atom stereocenters. The molecule has 0 saturated heterocycles. The van der Waals surface area contributed by atoms with Gasteiger partial charge >= 0.3 is 0 Å². The molecule has 1 nitrogen and oxygen atoms in total. The van der Waals surface area contributed by atoms with Gasteiger partial charge in [0.15, 0.2) is 0 Å². The van der Waals surface area contributed by atoms with E-state index in [-0.39, 0.29) is 0 Å². The van der Waals surface area contributed by atoms with Crippen LogP contribution in [0, 0.1) is 6.92 Å². The Bertz CT molecular complexity index is 1480. The van der Waals surface area contributed by atoms with Crippen molar-refractivity contribution >= 4 is 53.3 Å². The van der Waals surface area contributed by atoms with Crippen molar-refractivity contribution in [1.82, 2.24) is 4.57 Å². The summed E-state index contributed by atoms with van der Waals surface area (Å²) in [7, 11) is 0. The number of benzene rings is 4. The van der Waals surface area contributed by atoms with Gasteiger partial charge in [-0.05, 0) is 49.4 Å². The van der Waals surface area contributed by atoms with Crippen LogP contribution in [0.3, 0.4) is 0 Å². The van der Waals surface area contributed by atoms with Gasteiger partial charge < -0.3 is 4.57 Å². The normalized spacial score (nSPS) is 11.9. The second-order valence-corrected chi connectivity index (χ2v) is 8.24. The maximum atomic E-state index is 2.40. The lowest BCUT2D eigenvalue weighted by Gasteiger charge is -2.08. The van der Waals surface area contributed by atoms with E-state index in [0.717, 1.165) is 0 Å². The minimum Gasteiger partial charge on any atom is -0.309 e. The number of hydrogen-bond acceptors (Lipinski definition) is 1. The predicted octanol–water partition coefficient (Wildman–Crippen LogP) is 7.46. The SMILES string of the molecule is Cc1ccc2c(c1)c1ccccc1n2-c1ccc2sc3ccccc3c2c1. The molecule has 0 radical (unpaired) electrons. The van der Waals surface area contributed by atoms with Crippen LogP contribution in [0.1, 0.15) is 5.56 Å². The van der Waals surface area contributed by atoms with Crippen LogP contribution in [0.25, 0.3) is 47.7 Å². The molecule has 27 heavy (non-hydrogen) atoms. The molecule has 2 aromatic heterocycles. The molecule has 0 aliphatic carbocycles. The van der Waals surface area contributed by atoms with E-state index >= 15 is 0 Å². The van der Waals surface area contributed by atoms with Crippen molar-refractivity contribution in [3.8, 4) is 5.69 Å². The van der Waals surface area contributed by atoms with Gasteiger partial charge in [-0.15, -0.1) is 11.3 Å². The topological polar surface area (TPSA) is 4.93 Å². The summed E-state index contributed by atoms with van der Waals surface area (Å²) in [6.45, 7) is 2.16. The van der Waals surface area contributed by atoms with Crippen LogP contribution in [0.4, 0.5) is 0 Å². The smallest absolute Gasteiger partial charge is 0.0541 e. The van der Waals surface area contributed by atoms with Crippen LogP contribution < -0.4 is 0 Å². The molecule has 0 fully saturated rings. The van der Waals surface area contributed by atoms with E-state index in [0.29, 0.717) is 0 Å². The zero-order valence-corrected chi connectivity index (χ0v) is 15.8. The first-order chi connectivity index (χ1) is 13.3. The fraction of sp³-hybridized carbons (Fsp3) is 0.0400. The number of aromatic nitrogens is 1. The molecule has 0 aliphatic heterocycles. The lowest BCUT2D eigenvalue weighted by Crippen LogP contribution is -1.93. The average Bonchev–Trinajstić information content (AvgIpc) is 3.23. The van der Waals surface area contributed by atoms with E-state index in [1.165, 1.54) is 53.2 Å². The van der Waals surface area contributed by atoms with E-state index in [9.17, 15) is 0 Å². The van der Waals surface area contributed by atoms with Crippen molar-refractivity contribution in [2.24, 2.45) is 0 Å². The predicted molar refractivity (Wildman–Crippen MR) is 118 cm³/mol. The average molecular weight is 363 g/mol. The number of thiophene rings is 1. The maximum Gasteiger partial charge on any atom is 0.0541 e. The molecule has 2 heterocycles. The van der Waals surface area contributed by atoms with Gasteiger partial charge in [0.2, 0.25) is 0 Å². The molecule has 0 spiro atoms. The first-order valence-corrected chi connectivity index (χ1v) is 10.0. The summed E-state index contributed by atoms with van der Waals surface area (Å²) in [5, 5.41) is 5.31. The Morgan fingerprint density at radius 3 is 2.26 bits per heavy atom. The van der Waals surface area contributed by atoms with Crippen LogP contribution in [0.2, 0.25) is 0 Å². The quantitative estimate of drug-likeness (QED) is 0.286. The van der Waals surface area contributed by atoms with Gasteiger partial charge in [0, 0.05) is 36.6 Å². The standard InChI is InChI=1S/C25H17NS/c1-16-10-12-23-20(14-16)18-6-2-4-8-22(18)26(23)17-11-13-25-21(15-17)19-7-3-5-9-24(19)27-25/h2-15H,1H3. The summed E-state index contributed by atoms with van der Waals surface area (Å²) in [5.41, 5.74) is 5.04. The Morgan fingerprint density at radius 1 is 0.593 bits per heavy atom. The summed E-state index contributed by atoms with van der Waals surface area (Å²) in [4.78, 5) is 0.